The first kappa shape index (κ1) is 23.5. The lowest BCUT2D eigenvalue weighted by Gasteiger charge is -2.57. The molecule has 1 amide bonds. The maximum atomic E-state index is 12.6. The Morgan fingerprint density at radius 1 is 1.24 bits per heavy atom. The number of aromatic amines is 1. The van der Waals surface area contributed by atoms with Crippen LogP contribution in [0.2, 0.25) is 0 Å². The first-order valence-corrected chi connectivity index (χ1v) is 13.2. The molecular formula is C27H40N6O. The van der Waals surface area contributed by atoms with Crippen LogP contribution < -0.4 is 5.32 Å². The summed E-state index contributed by atoms with van der Waals surface area (Å²) < 4.78 is 0. The third-order valence-corrected chi connectivity index (χ3v) is 8.53. The number of pyridine rings is 1. The summed E-state index contributed by atoms with van der Waals surface area (Å²) in [6, 6.07) is 5.55. The van der Waals surface area contributed by atoms with Crippen molar-refractivity contribution in [1.82, 2.24) is 30.3 Å². The van der Waals surface area contributed by atoms with E-state index in [1.165, 1.54) is 50.9 Å². The van der Waals surface area contributed by atoms with Crippen molar-refractivity contribution < 1.29 is 4.79 Å². The van der Waals surface area contributed by atoms with Crippen LogP contribution in [0.1, 0.15) is 67.5 Å². The molecule has 3 fully saturated rings. The van der Waals surface area contributed by atoms with Gasteiger partial charge in [-0.25, -0.2) is 0 Å². The minimum atomic E-state index is 0.149. The Hall–Kier alpha value is -2.25. The van der Waals surface area contributed by atoms with Gasteiger partial charge in [0.05, 0.1) is 5.69 Å². The molecule has 0 aromatic carbocycles. The lowest BCUT2D eigenvalue weighted by molar-refractivity contribution is -0.121. The van der Waals surface area contributed by atoms with Gasteiger partial charge in [-0.1, -0.05) is 6.07 Å². The molecule has 0 aliphatic carbocycles. The van der Waals surface area contributed by atoms with Crippen molar-refractivity contribution in [1.29, 1.82) is 0 Å². The Bertz CT molecular complexity index is 938. The maximum absolute atomic E-state index is 12.6. The monoisotopic (exact) mass is 464 g/mol. The molecule has 3 saturated heterocycles. The van der Waals surface area contributed by atoms with Crippen LogP contribution in [0.3, 0.4) is 0 Å². The zero-order valence-corrected chi connectivity index (χ0v) is 20.8. The van der Waals surface area contributed by atoms with E-state index in [1.807, 2.05) is 32.3 Å². The summed E-state index contributed by atoms with van der Waals surface area (Å²) in [5.41, 5.74) is 4.41. The normalized spacial score (nSPS) is 27.4. The number of aromatic nitrogens is 3. The molecule has 0 saturated carbocycles. The molecule has 5 heterocycles. The smallest absolute Gasteiger partial charge is 0.220 e. The number of hydrogen-bond acceptors (Lipinski definition) is 5. The molecule has 2 N–H and O–H groups in total. The summed E-state index contributed by atoms with van der Waals surface area (Å²) in [7, 11) is 0. The maximum Gasteiger partial charge on any atom is 0.220 e. The van der Waals surface area contributed by atoms with Crippen LogP contribution in [0, 0.1) is 25.7 Å². The number of aryl methyl sites for hydroxylation is 2. The molecule has 0 spiro atoms. The molecule has 7 nitrogen and oxygen atoms in total. The second kappa shape index (κ2) is 10.6. The third kappa shape index (κ3) is 5.05. The number of likely N-dealkylation sites (tertiary alicyclic amines) is 1. The van der Waals surface area contributed by atoms with Crippen molar-refractivity contribution >= 4 is 5.91 Å². The van der Waals surface area contributed by atoms with E-state index >= 15 is 0 Å². The predicted octanol–water partition coefficient (Wildman–Crippen LogP) is 3.58. The van der Waals surface area contributed by atoms with E-state index < -0.39 is 0 Å². The highest BCUT2D eigenvalue weighted by Crippen LogP contribution is 2.43. The van der Waals surface area contributed by atoms with Gasteiger partial charge in [-0.2, -0.15) is 5.10 Å². The van der Waals surface area contributed by atoms with Crippen molar-refractivity contribution in [3.05, 3.63) is 47.0 Å². The van der Waals surface area contributed by atoms with E-state index in [1.54, 1.807) is 0 Å². The highest BCUT2D eigenvalue weighted by atomic mass is 16.1. The summed E-state index contributed by atoms with van der Waals surface area (Å²) in [6.45, 7) is 9.27. The van der Waals surface area contributed by atoms with Crippen LogP contribution in [0.5, 0.6) is 0 Å². The molecule has 0 bridgehead atoms. The third-order valence-electron chi connectivity index (χ3n) is 8.53. The van der Waals surface area contributed by atoms with Gasteiger partial charge in [0, 0.05) is 61.8 Å². The van der Waals surface area contributed by atoms with Crippen LogP contribution in [-0.4, -0.2) is 62.6 Å². The topological polar surface area (TPSA) is 77.2 Å². The fourth-order valence-corrected chi connectivity index (χ4v) is 6.97. The van der Waals surface area contributed by atoms with Gasteiger partial charge in [0.15, 0.2) is 0 Å². The minimum Gasteiger partial charge on any atom is -0.352 e. The number of carbonyl (C=O) groups is 1. The number of carbonyl (C=O) groups excluding carboxylic acids is 1. The molecule has 0 radical (unpaired) electrons. The molecule has 2 aromatic rings. The predicted molar refractivity (Wildman–Crippen MR) is 133 cm³/mol. The molecule has 3 aliphatic heterocycles. The quantitative estimate of drug-likeness (QED) is 0.624. The number of H-pyrrole nitrogens is 1. The number of nitrogens with zero attached hydrogens (tertiary/aromatic N) is 4. The van der Waals surface area contributed by atoms with E-state index in [0.717, 1.165) is 54.2 Å². The Kier molecular flexibility index (Phi) is 7.30. The van der Waals surface area contributed by atoms with Gasteiger partial charge < -0.3 is 5.32 Å². The van der Waals surface area contributed by atoms with E-state index in [2.05, 4.69) is 36.4 Å². The SMILES string of the molecule is Cc1n[nH]c(C)c1CNC(=O)CCC[C@@H]1[C@H]2CCCN3CCC[C@@H](CN1Cc1cccnc1)[C@@H]23. The Balaban J connectivity index is 1.22. The van der Waals surface area contributed by atoms with Gasteiger partial charge in [-0.3, -0.25) is 24.7 Å². The van der Waals surface area contributed by atoms with Crippen molar-refractivity contribution in [2.45, 2.75) is 84.0 Å². The number of rotatable bonds is 8. The molecule has 5 rings (SSSR count). The average molecular weight is 465 g/mol. The summed E-state index contributed by atoms with van der Waals surface area (Å²) >= 11 is 0. The first-order chi connectivity index (χ1) is 16.6. The summed E-state index contributed by atoms with van der Waals surface area (Å²) in [6.07, 6.45) is 11.9. The van der Waals surface area contributed by atoms with Gasteiger partial charge in [0.1, 0.15) is 0 Å². The van der Waals surface area contributed by atoms with E-state index in [4.69, 9.17) is 0 Å². The fourth-order valence-electron chi connectivity index (χ4n) is 6.97. The van der Waals surface area contributed by atoms with Gasteiger partial charge in [0.25, 0.3) is 0 Å². The fraction of sp³-hybridized carbons (Fsp3) is 0.667. The van der Waals surface area contributed by atoms with Crippen LogP contribution in [0.4, 0.5) is 0 Å². The van der Waals surface area contributed by atoms with Crippen LogP contribution >= 0.6 is 0 Å². The molecule has 184 valence electrons. The highest BCUT2D eigenvalue weighted by molar-refractivity contribution is 5.75. The second-order valence-electron chi connectivity index (χ2n) is 10.7. The number of hydrogen-bond donors (Lipinski definition) is 2. The molecular weight excluding hydrogens is 424 g/mol. The summed E-state index contributed by atoms with van der Waals surface area (Å²) in [5.74, 6) is 1.66. The van der Waals surface area contributed by atoms with Crippen molar-refractivity contribution in [3.8, 4) is 0 Å². The first-order valence-electron chi connectivity index (χ1n) is 13.2. The molecule has 2 aromatic heterocycles. The number of amides is 1. The number of piperidine rings is 3. The van der Waals surface area contributed by atoms with Crippen molar-refractivity contribution in [2.24, 2.45) is 11.8 Å². The van der Waals surface area contributed by atoms with Gasteiger partial charge in [-0.05, 0) is 88.9 Å². The van der Waals surface area contributed by atoms with Crippen molar-refractivity contribution in [2.75, 3.05) is 19.6 Å². The van der Waals surface area contributed by atoms with E-state index in [0.29, 0.717) is 19.0 Å². The van der Waals surface area contributed by atoms with E-state index in [-0.39, 0.29) is 5.91 Å². The van der Waals surface area contributed by atoms with Crippen LogP contribution in [0.25, 0.3) is 0 Å². The average Bonchev–Trinajstić information content (AvgIpc) is 3.17. The Morgan fingerprint density at radius 3 is 2.85 bits per heavy atom. The van der Waals surface area contributed by atoms with Gasteiger partial charge >= 0.3 is 0 Å². The van der Waals surface area contributed by atoms with Crippen molar-refractivity contribution in [3.63, 3.8) is 0 Å². The largest absolute Gasteiger partial charge is 0.352 e. The molecule has 34 heavy (non-hydrogen) atoms. The molecule has 3 aliphatic rings. The van der Waals surface area contributed by atoms with Crippen LogP contribution in [-0.2, 0) is 17.9 Å². The zero-order valence-electron chi connectivity index (χ0n) is 20.8. The lowest BCUT2D eigenvalue weighted by Crippen LogP contribution is -2.64. The lowest BCUT2D eigenvalue weighted by atomic mass is 9.69. The number of nitrogens with one attached hydrogen (secondary N) is 2. The second-order valence-corrected chi connectivity index (χ2v) is 10.7. The molecule has 7 heteroatoms. The van der Waals surface area contributed by atoms with Crippen LogP contribution in [0.15, 0.2) is 24.5 Å². The Labute approximate surface area is 203 Å². The summed E-state index contributed by atoms with van der Waals surface area (Å²) in [5, 5.41) is 10.3. The summed E-state index contributed by atoms with van der Waals surface area (Å²) in [4.78, 5) is 22.6. The molecule has 0 unspecified atom stereocenters. The minimum absolute atomic E-state index is 0.149. The molecule has 4 atom stereocenters. The van der Waals surface area contributed by atoms with Gasteiger partial charge in [0.2, 0.25) is 5.91 Å². The zero-order chi connectivity index (χ0) is 23.5. The Morgan fingerprint density at radius 2 is 2.09 bits per heavy atom. The standard InChI is InChI=1S/C27H40N6O/c1-19-24(20(2)31-30-19)16-29-26(34)11-3-10-25-23-9-6-14-32-13-5-8-22(27(23)32)18-33(25)17-21-7-4-12-28-15-21/h4,7,12,15,22-23,25,27H,3,5-6,8-11,13-14,16-18H2,1-2H3,(H,29,34)(H,30,31)/t22-,23+,25+,27-/m0/s1. The highest BCUT2D eigenvalue weighted by Gasteiger charge is 2.48. The van der Waals surface area contributed by atoms with Gasteiger partial charge in [-0.15, -0.1) is 0 Å². The van der Waals surface area contributed by atoms with E-state index in [9.17, 15) is 4.79 Å².